The third-order valence-corrected chi connectivity index (χ3v) is 21.1. The number of phosphoric ester groups is 1. The van der Waals surface area contributed by atoms with Crippen LogP contribution >= 0.6 is 7.82 Å². The van der Waals surface area contributed by atoms with Crippen LogP contribution in [0.25, 0.3) is 0 Å². The molecule has 24 nitrogen and oxygen atoms in total. The number of aliphatic hydroxyl groups excluding tert-OH is 10. The smallest absolute Gasteiger partial charge is 0.463 e. The number of carbonyl (C=O) groups is 3. The van der Waals surface area contributed by atoms with Crippen LogP contribution in [0, 0.1) is 0 Å². The van der Waals surface area contributed by atoms with Crippen molar-refractivity contribution in [1.82, 2.24) is 0 Å². The molecule has 0 aromatic carbocycles. The first-order valence-corrected chi connectivity index (χ1v) is 41.8. The summed E-state index contributed by atoms with van der Waals surface area (Å²) in [5.74, 6) is -1.97. The summed E-state index contributed by atoms with van der Waals surface area (Å²) >= 11 is 0. The largest absolute Gasteiger partial charge is 0.472 e. The zero-order valence-electron chi connectivity index (χ0n) is 62.5. The predicted octanol–water partition coefficient (Wildman–Crippen LogP) is 12.1. The fraction of sp³-hybridized carbons (Fsp3) is 0.961. The van der Waals surface area contributed by atoms with E-state index in [4.69, 9.17) is 42.2 Å². The van der Waals surface area contributed by atoms with E-state index in [9.17, 15) is 74.9 Å². The van der Waals surface area contributed by atoms with Crippen molar-refractivity contribution >= 4 is 25.7 Å². The van der Waals surface area contributed by atoms with Crippen LogP contribution in [0.3, 0.4) is 0 Å². The Hall–Kier alpha value is -2.04. The van der Waals surface area contributed by atoms with E-state index in [1.54, 1.807) is 0 Å². The molecule has 3 fully saturated rings. The van der Waals surface area contributed by atoms with E-state index < -0.39 is 156 Å². The Morgan fingerprint density at radius 1 is 0.347 bits per heavy atom. The average Bonchev–Trinajstić information content (AvgIpc) is 0.769. The molecule has 18 unspecified atom stereocenters. The van der Waals surface area contributed by atoms with E-state index in [-0.39, 0.29) is 19.3 Å². The Balaban J connectivity index is 1.70. The van der Waals surface area contributed by atoms with Crippen molar-refractivity contribution in [3.05, 3.63) is 0 Å². The van der Waals surface area contributed by atoms with Crippen LogP contribution in [0.1, 0.15) is 335 Å². The van der Waals surface area contributed by atoms with Crippen LogP contribution in [0.4, 0.5) is 0 Å². The quantitative estimate of drug-likeness (QED) is 0.0117. The molecule has 11 N–H and O–H groups in total. The Morgan fingerprint density at radius 2 is 0.634 bits per heavy atom. The van der Waals surface area contributed by atoms with Gasteiger partial charge in [0.05, 0.1) is 13.2 Å². The van der Waals surface area contributed by atoms with E-state index >= 15 is 0 Å². The SMILES string of the molecule is CCCCCCCCCCCCCCCCCCCC(=O)OCC1OC(OC2C(O)C(O)C(O)C(OC3OC(CO)C(O)C(O)C3O)C2OP(=O)(O)OCC(COC(=O)CCCCCCCCCCCCCCC)OC(=O)CCCCCCCCCCCCCCCCCC)C(O)C(O)C1O. The molecule has 0 bridgehead atoms. The van der Waals surface area contributed by atoms with Crippen LogP contribution in [-0.2, 0) is 61.2 Å². The van der Waals surface area contributed by atoms with Gasteiger partial charge in [-0.2, -0.15) is 0 Å². The van der Waals surface area contributed by atoms with Crippen LogP contribution in [0.5, 0.6) is 0 Å². The summed E-state index contributed by atoms with van der Waals surface area (Å²) in [6, 6.07) is 0. The lowest BCUT2D eigenvalue weighted by atomic mass is 9.84. The number of ether oxygens (including phenoxy) is 7. The first-order valence-electron chi connectivity index (χ1n) is 40.3. The van der Waals surface area contributed by atoms with Crippen LogP contribution in [-0.4, -0.2) is 204 Å². The molecule has 18 atom stereocenters. The molecule has 2 heterocycles. The van der Waals surface area contributed by atoms with Gasteiger partial charge in [-0.25, -0.2) is 4.57 Å². The van der Waals surface area contributed by atoms with E-state index in [1.807, 2.05) is 0 Å². The number of aliphatic hydroxyl groups is 10. The fourth-order valence-corrected chi connectivity index (χ4v) is 14.5. The fourth-order valence-electron chi connectivity index (χ4n) is 13.6. The van der Waals surface area contributed by atoms with Crippen molar-refractivity contribution in [3.8, 4) is 0 Å². The standard InChI is InChI=1S/C76H143O24P/c1-4-7-10-13-16-19-22-25-27-29-31-33-36-39-42-45-48-51-61(79)93-56-59-64(82)66(84)71(89)76(97-59)99-73-69(87)67(85)68(86)72(98-75-70(88)65(83)63(81)58(53-77)96-75)74(73)100-101(90,91)94-55-57(54-92-60(78)50-47-44-41-38-35-32-24-21-18-15-12-9-6-3)95-62(80)52-49-46-43-40-37-34-30-28-26-23-20-17-14-11-8-5-2/h57-59,63-77,81-89H,4-56H2,1-3H3,(H,90,91). The van der Waals surface area contributed by atoms with Gasteiger partial charge < -0.3 is 89.1 Å². The first kappa shape index (κ1) is 93.2. The molecule has 2 saturated heterocycles. The monoisotopic (exact) mass is 1470 g/mol. The number of esters is 3. The highest BCUT2D eigenvalue weighted by Gasteiger charge is 2.58. The second-order valence-electron chi connectivity index (χ2n) is 29.2. The molecule has 596 valence electrons. The minimum atomic E-state index is -5.69. The van der Waals surface area contributed by atoms with E-state index in [1.165, 1.54) is 186 Å². The third kappa shape index (κ3) is 40.7. The number of unbranched alkanes of at least 4 members (excludes halogenated alkanes) is 43. The molecule has 101 heavy (non-hydrogen) atoms. The predicted molar refractivity (Wildman–Crippen MR) is 384 cm³/mol. The summed E-state index contributed by atoms with van der Waals surface area (Å²) in [5, 5.41) is 110. The molecule has 1 saturated carbocycles. The Morgan fingerprint density at radius 3 is 0.970 bits per heavy atom. The lowest BCUT2D eigenvalue weighted by molar-refractivity contribution is -0.360. The van der Waals surface area contributed by atoms with E-state index in [0.29, 0.717) is 19.3 Å². The van der Waals surface area contributed by atoms with Gasteiger partial charge in [-0.05, 0) is 19.3 Å². The molecule has 3 aliphatic rings. The van der Waals surface area contributed by atoms with Gasteiger partial charge in [0.25, 0.3) is 0 Å². The maximum Gasteiger partial charge on any atom is 0.472 e. The topological polar surface area (TPSA) is 374 Å². The second kappa shape index (κ2) is 58.0. The maximum absolute atomic E-state index is 14.4. The van der Waals surface area contributed by atoms with Gasteiger partial charge >= 0.3 is 25.7 Å². The van der Waals surface area contributed by atoms with Crippen molar-refractivity contribution in [3.63, 3.8) is 0 Å². The van der Waals surface area contributed by atoms with Crippen molar-refractivity contribution in [2.75, 3.05) is 26.4 Å². The summed E-state index contributed by atoms with van der Waals surface area (Å²) in [6.45, 7) is 3.50. The van der Waals surface area contributed by atoms with E-state index in [0.717, 1.165) is 89.9 Å². The third-order valence-electron chi connectivity index (χ3n) is 20.1. The Bertz CT molecular complexity index is 2080. The lowest BCUT2D eigenvalue weighted by Gasteiger charge is -2.49. The highest BCUT2D eigenvalue weighted by molar-refractivity contribution is 7.47. The van der Waals surface area contributed by atoms with Gasteiger partial charge in [0.1, 0.15) is 98.7 Å². The number of hydrogen-bond acceptors (Lipinski definition) is 23. The molecular weight excluding hydrogens is 1330 g/mol. The zero-order valence-corrected chi connectivity index (χ0v) is 63.4. The van der Waals surface area contributed by atoms with Gasteiger partial charge in [-0.3, -0.25) is 23.4 Å². The zero-order chi connectivity index (χ0) is 73.9. The summed E-state index contributed by atoms with van der Waals surface area (Å²) < 4.78 is 65.2. The average molecular weight is 1470 g/mol. The molecule has 0 aromatic rings. The van der Waals surface area contributed by atoms with Crippen molar-refractivity contribution < 1.29 is 117 Å². The molecule has 0 radical (unpaired) electrons. The van der Waals surface area contributed by atoms with Gasteiger partial charge in [-0.1, -0.05) is 297 Å². The van der Waals surface area contributed by atoms with Crippen molar-refractivity contribution in [2.24, 2.45) is 0 Å². The highest BCUT2D eigenvalue weighted by Crippen LogP contribution is 2.49. The van der Waals surface area contributed by atoms with Crippen molar-refractivity contribution in [1.29, 1.82) is 0 Å². The minimum Gasteiger partial charge on any atom is -0.463 e. The van der Waals surface area contributed by atoms with Gasteiger partial charge in [0, 0.05) is 19.3 Å². The van der Waals surface area contributed by atoms with Crippen LogP contribution in [0.2, 0.25) is 0 Å². The first-order chi connectivity index (χ1) is 48.8. The molecule has 0 amide bonds. The summed E-state index contributed by atoms with van der Waals surface area (Å²) in [7, 11) is -5.69. The lowest BCUT2D eigenvalue weighted by Crippen LogP contribution is -2.69. The van der Waals surface area contributed by atoms with Gasteiger partial charge in [-0.15, -0.1) is 0 Å². The van der Waals surface area contributed by atoms with Crippen LogP contribution in [0.15, 0.2) is 0 Å². The Kier molecular flexibility index (Phi) is 53.5. The molecule has 2 aliphatic heterocycles. The number of phosphoric acid groups is 1. The summed E-state index contributed by atoms with van der Waals surface area (Å²) in [6.07, 6.45) is 17.1. The molecule has 25 heteroatoms. The van der Waals surface area contributed by atoms with Crippen LogP contribution < -0.4 is 0 Å². The minimum absolute atomic E-state index is 0.0327. The summed E-state index contributed by atoms with van der Waals surface area (Å²) in [4.78, 5) is 51.1. The number of carbonyl (C=O) groups excluding carboxylic acids is 3. The van der Waals surface area contributed by atoms with E-state index in [2.05, 4.69) is 20.8 Å². The molecule has 3 rings (SSSR count). The van der Waals surface area contributed by atoms with Gasteiger partial charge in [0.2, 0.25) is 0 Å². The molecule has 0 spiro atoms. The number of hydrogen-bond donors (Lipinski definition) is 11. The van der Waals surface area contributed by atoms with Crippen molar-refractivity contribution in [2.45, 2.75) is 440 Å². The normalized spacial score (nSPS) is 27.1. The maximum atomic E-state index is 14.4. The molecule has 0 aromatic heterocycles. The molecular formula is C76H143O24P. The Labute approximate surface area is 606 Å². The summed E-state index contributed by atoms with van der Waals surface area (Å²) in [5.41, 5.74) is 0. The highest BCUT2D eigenvalue weighted by atomic mass is 31.2. The molecule has 1 aliphatic carbocycles. The number of rotatable bonds is 64. The van der Waals surface area contributed by atoms with Gasteiger partial charge in [0.15, 0.2) is 18.7 Å². The second-order valence-corrected chi connectivity index (χ2v) is 30.6.